The van der Waals surface area contributed by atoms with Crippen LogP contribution < -0.4 is 20.7 Å². The van der Waals surface area contributed by atoms with Crippen LogP contribution in [0.25, 0.3) is 16.8 Å². The summed E-state index contributed by atoms with van der Waals surface area (Å²) in [6.45, 7) is 0.979. The number of aromatic nitrogens is 4. The number of carbonyl (C=O) groups is 1. The summed E-state index contributed by atoms with van der Waals surface area (Å²) in [4.78, 5) is 26.5. The van der Waals surface area contributed by atoms with Crippen LogP contribution in [-0.4, -0.2) is 46.0 Å². The minimum atomic E-state index is -0.291. The third-order valence-corrected chi connectivity index (χ3v) is 5.82. The molecule has 1 atom stereocenters. The zero-order valence-corrected chi connectivity index (χ0v) is 18.5. The Morgan fingerprint density at radius 3 is 2.85 bits per heavy atom. The minimum absolute atomic E-state index is 0.184. The van der Waals surface area contributed by atoms with Crippen molar-refractivity contribution < 1.29 is 9.53 Å². The molecule has 0 aliphatic carbocycles. The van der Waals surface area contributed by atoms with Crippen molar-refractivity contribution in [3.8, 4) is 17.0 Å². The third-order valence-electron chi connectivity index (χ3n) is 5.82. The fraction of sp³-hybridized carbons (Fsp3) is 0.250. The van der Waals surface area contributed by atoms with Gasteiger partial charge in [0, 0.05) is 31.2 Å². The summed E-state index contributed by atoms with van der Waals surface area (Å²) in [5.74, 6) is 2.33. The van der Waals surface area contributed by atoms with Crippen molar-refractivity contribution in [1.29, 1.82) is 0 Å². The van der Waals surface area contributed by atoms with Crippen LogP contribution in [0.2, 0.25) is 0 Å². The SMILES string of the molecule is CNc1nccn2c(C3CCCN3)nc(-c3ccc(C(=O)Nc4ccccn4)c(OC)c3)c12. The number of ether oxygens (including phenoxy) is 1. The lowest BCUT2D eigenvalue weighted by molar-refractivity contribution is 0.102. The average Bonchev–Trinajstić information content (AvgIpc) is 3.52. The summed E-state index contributed by atoms with van der Waals surface area (Å²) in [6, 6.07) is 11.0. The van der Waals surface area contributed by atoms with Crippen LogP contribution in [0, 0.1) is 0 Å². The van der Waals surface area contributed by atoms with E-state index < -0.39 is 0 Å². The molecular weight excluding hydrogens is 418 g/mol. The smallest absolute Gasteiger partial charge is 0.260 e. The number of imidazole rings is 1. The number of benzene rings is 1. The second-order valence-corrected chi connectivity index (χ2v) is 7.80. The van der Waals surface area contributed by atoms with Gasteiger partial charge in [0.15, 0.2) is 5.82 Å². The Balaban J connectivity index is 1.58. The molecule has 1 amide bonds. The fourth-order valence-electron chi connectivity index (χ4n) is 4.24. The molecule has 1 aliphatic heterocycles. The summed E-state index contributed by atoms with van der Waals surface area (Å²) in [7, 11) is 3.40. The Morgan fingerprint density at radius 2 is 2.12 bits per heavy atom. The third kappa shape index (κ3) is 3.87. The normalized spacial score (nSPS) is 15.5. The molecule has 0 radical (unpaired) electrons. The van der Waals surface area contributed by atoms with E-state index in [1.54, 1.807) is 37.7 Å². The molecule has 3 aromatic heterocycles. The number of amides is 1. The molecule has 1 fully saturated rings. The van der Waals surface area contributed by atoms with E-state index in [4.69, 9.17) is 9.72 Å². The Kier molecular flexibility index (Phi) is 5.62. The maximum absolute atomic E-state index is 12.9. The second-order valence-electron chi connectivity index (χ2n) is 7.80. The van der Waals surface area contributed by atoms with Gasteiger partial charge in [-0.05, 0) is 43.7 Å². The molecule has 9 heteroatoms. The van der Waals surface area contributed by atoms with Gasteiger partial charge < -0.3 is 20.7 Å². The van der Waals surface area contributed by atoms with E-state index in [1.165, 1.54) is 0 Å². The van der Waals surface area contributed by atoms with Crippen LogP contribution in [0.3, 0.4) is 0 Å². The van der Waals surface area contributed by atoms with Gasteiger partial charge >= 0.3 is 0 Å². The van der Waals surface area contributed by atoms with Gasteiger partial charge in [-0.2, -0.15) is 0 Å². The van der Waals surface area contributed by atoms with Crippen molar-refractivity contribution in [2.75, 3.05) is 31.3 Å². The van der Waals surface area contributed by atoms with E-state index in [0.29, 0.717) is 17.1 Å². The van der Waals surface area contributed by atoms with E-state index >= 15 is 0 Å². The van der Waals surface area contributed by atoms with Gasteiger partial charge in [0.1, 0.15) is 28.6 Å². The summed E-state index contributed by atoms with van der Waals surface area (Å²) in [5.41, 5.74) is 2.93. The topological polar surface area (TPSA) is 105 Å². The number of hydrogen-bond donors (Lipinski definition) is 3. The Hall–Kier alpha value is -3.98. The molecule has 1 saturated heterocycles. The van der Waals surface area contributed by atoms with Crippen molar-refractivity contribution in [2.45, 2.75) is 18.9 Å². The molecule has 9 nitrogen and oxygen atoms in total. The molecular formula is C24H25N7O2. The highest BCUT2D eigenvalue weighted by Gasteiger charge is 2.25. The average molecular weight is 444 g/mol. The number of pyridine rings is 1. The zero-order chi connectivity index (χ0) is 22.8. The Bertz CT molecular complexity index is 1300. The molecule has 3 N–H and O–H groups in total. The molecule has 4 aromatic rings. The zero-order valence-electron chi connectivity index (χ0n) is 18.5. The van der Waals surface area contributed by atoms with Crippen molar-refractivity contribution in [3.05, 3.63) is 66.4 Å². The quantitative estimate of drug-likeness (QED) is 0.419. The number of nitrogens with one attached hydrogen (secondary N) is 3. The predicted octanol–water partition coefficient (Wildman–Crippen LogP) is 3.52. The van der Waals surface area contributed by atoms with Gasteiger partial charge in [0.05, 0.1) is 18.7 Å². The second kappa shape index (κ2) is 8.87. The number of rotatable bonds is 6. The summed E-state index contributed by atoms with van der Waals surface area (Å²) >= 11 is 0. The van der Waals surface area contributed by atoms with Gasteiger partial charge in [-0.3, -0.25) is 9.20 Å². The monoisotopic (exact) mass is 443 g/mol. The highest BCUT2D eigenvalue weighted by Crippen LogP contribution is 2.35. The summed E-state index contributed by atoms with van der Waals surface area (Å²) in [6.07, 6.45) is 7.49. The highest BCUT2D eigenvalue weighted by molar-refractivity contribution is 6.06. The molecule has 5 rings (SSSR count). The highest BCUT2D eigenvalue weighted by atomic mass is 16.5. The first kappa shape index (κ1) is 20.9. The van der Waals surface area contributed by atoms with E-state index in [1.807, 2.05) is 31.4 Å². The molecule has 1 aromatic carbocycles. The van der Waals surface area contributed by atoms with Crippen LogP contribution >= 0.6 is 0 Å². The van der Waals surface area contributed by atoms with Crippen LogP contribution in [0.1, 0.15) is 35.1 Å². The van der Waals surface area contributed by atoms with Gasteiger partial charge in [-0.25, -0.2) is 15.0 Å². The number of nitrogens with zero attached hydrogens (tertiary/aromatic N) is 4. The predicted molar refractivity (Wildman–Crippen MR) is 127 cm³/mol. The molecule has 0 saturated carbocycles. The van der Waals surface area contributed by atoms with Gasteiger partial charge in [0.25, 0.3) is 5.91 Å². The summed E-state index contributed by atoms with van der Waals surface area (Å²) < 4.78 is 7.67. The minimum Gasteiger partial charge on any atom is -0.496 e. The van der Waals surface area contributed by atoms with Gasteiger partial charge in [0.2, 0.25) is 0 Å². The van der Waals surface area contributed by atoms with E-state index in [-0.39, 0.29) is 11.9 Å². The number of anilines is 2. The molecule has 33 heavy (non-hydrogen) atoms. The fourth-order valence-corrected chi connectivity index (χ4v) is 4.24. The first-order valence-electron chi connectivity index (χ1n) is 10.9. The molecule has 1 unspecified atom stereocenters. The lowest BCUT2D eigenvalue weighted by Crippen LogP contribution is -2.16. The molecule has 0 bridgehead atoms. The molecule has 0 spiro atoms. The van der Waals surface area contributed by atoms with Crippen LogP contribution in [0.15, 0.2) is 55.0 Å². The van der Waals surface area contributed by atoms with Gasteiger partial charge in [-0.15, -0.1) is 0 Å². The van der Waals surface area contributed by atoms with Crippen LogP contribution in [0.5, 0.6) is 5.75 Å². The largest absolute Gasteiger partial charge is 0.496 e. The number of hydrogen-bond acceptors (Lipinski definition) is 7. The van der Waals surface area contributed by atoms with Crippen molar-refractivity contribution in [1.82, 2.24) is 24.7 Å². The van der Waals surface area contributed by atoms with Gasteiger partial charge in [-0.1, -0.05) is 12.1 Å². The number of fused-ring (bicyclic) bond motifs is 1. The lowest BCUT2D eigenvalue weighted by Gasteiger charge is -2.11. The molecule has 168 valence electrons. The Labute approximate surface area is 191 Å². The standard InChI is InChI=1S/C24H25N7O2/c1-25-22-21-20(30-23(17-6-5-11-26-17)31(21)13-12-28-22)15-8-9-16(18(14-15)33-2)24(32)29-19-7-3-4-10-27-19/h3-4,7-10,12-14,17,26H,5-6,11H2,1-2H3,(H,25,28)(H,27,29,32). The van der Waals surface area contributed by atoms with Crippen LogP contribution in [-0.2, 0) is 0 Å². The Morgan fingerprint density at radius 1 is 1.21 bits per heavy atom. The van der Waals surface area contributed by atoms with Crippen LogP contribution in [0.4, 0.5) is 11.6 Å². The lowest BCUT2D eigenvalue weighted by atomic mass is 10.1. The van der Waals surface area contributed by atoms with E-state index in [9.17, 15) is 4.79 Å². The van der Waals surface area contributed by atoms with Crippen molar-refractivity contribution >= 4 is 23.1 Å². The van der Waals surface area contributed by atoms with Crippen molar-refractivity contribution in [2.24, 2.45) is 0 Å². The maximum Gasteiger partial charge on any atom is 0.260 e. The first-order chi connectivity index (χ1) is 16.2. The van der Waals surface area contributed by atoms with E-state index in [0.717, 1.165) is 47.8 Å². The molecule has 4 heterocycles. The van der Waals surface area contributed by atoms with Crippen molar-refractivity contribution in [3.63, 3.8) is 0 Å². The maximum atomic E-state index is 12.9. The number of carbonyl (C=O) groups excluding carboxylic acids is 1. The number of methoxy groups -OCH3 is 1. The molecule has 1 aliphatic rings. The first-order valence-corrected chi connectivity index (χ1v) is 10.9. The van der Waals surface area contributed by atoms with E-state index in [2.05, 4.69) is 30.3 Å². The summed E-state index contributed by atoms with van der Waals surface area (Å²) in [5, 5.41) is 9.51.